The third-order valence-corrected chi connectivity index (χ3v) is 9.22. The Morgan fingerprint density at radius 2 is 1.67 bits per heavy atom. The number of ether oxygens (including phenoxy) is 1. The van der Waals surface area contributed by atoms with Crippen molar-refractivity contribution < 1.29 is 18.5 Å². The average molecular weight is 551 g/mol. The molecule has 1 fully saturated rings. The van der Waals surface area contributed by atoms with Gasteiger partial charge in [-0.05, 0) is 61.4 Å². The van der Waals surface area contributed by atoms with E-state index in [4.69, 9.17) is 4.74 Å². The van der Waals surface area contributed by atoms with Crippen LogP contribution in [-0.2, 0) is 23.0 Å². The number of para-hydroxylation sites is 1. The van der Waals surface area contributed by atoms with Crippen LogP contribution in [0.25, 0.3) is 22.2 Å². The van der Waals surface area contributed by atoms with E-state index < -0.39 is 11.2 Å². The number of rotatable bonds is 1. The van der Waals surface area contributed by atoms with Crippen molar-refractivity contribution in [2.75, 3.05) is 33.8 Å². The van der Waals surface area contributed by atoms with Gasteiger partial charge in [-0.2, -0.15) is 0 Å². The van der Waals surface area contributed by atoms with Gasteiger partial charge in [0.25, 0.3) is 11.8 Å². The first-order valence-electron chi connectivity index (χ1n) is 13.9. The molecule has 2 aliphatic rings. The van der Waals surface area contributed by atoms with Crippen LogP contribution in [-0.4, -0.2) is 63.6 Å². The first-order valence-corrected chi connectivity index (χ1v) is 15.0. The monoisotopic (exact) mass is 550 g/mol. The van der Waals surface area contributed by atoms with Gasteiger partial charge in [-0.1, -0.05) is 37.5 Å². The highest BCUT2D eigenvalue weighted by Crippen LogP contribution is 2.45. The molecule has 2 amide bonds. The van der Waals surface area contributed by atoms with Gasteiger partial charge in [0.2, 0.25) is 0 Å². The number of fused-ring (bicyclic) bond motifs is 4. The van der Waals surface area contributed by atoms with E-state index in [1.807, 2.05) is 43.4 Å². The summed E-state index contributed by atoms with van der Waals surface area (Å²) in [4.78, 5) is 27.7. The number of amides is 2. The smallest absolute Gasteiger partial charge is 0.264 e. The maximum absolute atomic E-state index is 13.1. The molecule has 1 unspecified atom stereocenters. The normalized spacial score (nSPS) is 20.8. The molecule has 1 N–H and O–H groups in total. The summed E-state index contributed by atoms with van der Waals surface area (Å²) in [5, 5.41) is 1.12. The molecule has 8 nitrogen and oxygen atoms in total. The number of benzene rings is 2. The summed E-state index contributed by atoms with van der Waals surface area (Å²) >= 11 is -1.66. The molecule has 9 heteroatoms. The van der Waals surface area contributed by atoms with Gasteiger partial charge >= 0.3 is 0 Å². The molecule has 2 heterocycles. The summed E-state index contributed by atoms with van der Waals surface area (Å²) in [5.74, 6) is 0.629. The number of carbonyl (C=O) groups excluding carboxylic acids is 2. The summed E-state index contributed by atoms with van der Waals surface area (Å²) in [7, 11) is 5.53. The van der Waals surface area contributed by atoms with Crippen LogP contribution in [0.3, 0.4) is 0 Å². The van der Waals surface area contributed by atoms with Crippen LogP contribution in [0, 0.1) is 0 Å². The molecule has 2 aromatic carbocycles. The van der Waals surface area contributed by atoms with Crippen LogP contribution in [0.5, 0.6) is 5.75 Å². The van der Waals surface area contributed by atoms with Crippen LogP contribution in [0.1, 0.15) is 66.8 Å². The fourth-order valence-corrected chi connectivity index (χ4v) is 6.61. The van der Waals surface area contributed by atoms with Crippen LogP contribution in [0.4, 0.5) is 0 Å². The quantitative estimate of drug-likeness (QED) is 0.473. The van der Waals surface area contributed by atoms with Crippen LogP contribution in [0.2, 0.25) is 0 Å². The van der Waals surface area contributed by atoms with E-state index in [0.29, 0.717) is 30.3 Å². The Bertz CT molecular complexity index is 1400. The topological polar surface area (TPSA) is 83.9 Å². The molecule has 3 aromatic rings. The third-order valence-electron chi connectivity index (χ3n) is 8.11. The van der Waals surface area contributed by atoms with E-state index in [1.54, 1.807) is 23.3 Å². The Labute approximate surface area is 233 Å². The Hall–Kier alpha value is -3.17. The lowest BCUT2D eigenvalue weighted by atomic mass is 9.81. The van der Waals surface area contributed by atoms with Gasteiger partial charge in [-0.25, -0.2) is 8.51 Å². The zero-order valence-electron chi connectivity index (χ0n) is 23.1. The summed E-state index contributed by atoms with van der Waals surface area (Å²) in [6.07, 6.45) is 7.36. The second kappa shape index (κ2) is 11.9. The molecule has 0 spiro atoms. The second-order valence-corrected chi connectivity index (χ2v) is 12.1. The molecule has 0 saturated heterocycles. The summed E-state index contributed by atoms with van der Waals surface area (Å²) in [5.41, 5.74) is 4.70. The van der Waals surface area contributed by atoms with Gasteiger partial charge in [0.1, 0.15) is 5.75 Å². The van der Waals surface area contributed by atoms with E-state index >= 15 is 0 Å². The van der Waals surface area contributed by atoms with Gasteiger partial charge in [-0.3, -0.25) is 14.3 Å². The minimum Gasteiger partial charge on any atom is -0.483 e. The van der Waals surface area contributed by atoms with E-state index in [2.05, 4.69) is 15.4 Å². The minimum absolute atomic E-state index is 0.0390. The summed E-state index contributed by atoms with van der Waals surface area (Å²) < 4.78 is 25.4. The molecule has 0 radical (unpaired) electrons. The highest BCUT2D eigenvalue weighted by molar-refractivity contribution is 7.81. The molecular formula is C30H38N4O4S. The first-order chi connectivity index (χ1) is 18.8. The number of hydrogen-bond acceptors (Lipinski definition) is 4. The zero-order valence-corrected chi connectivity index (χ0v) is 23.9. The summed E-state index contributed by atoms with van der Waals surface area (Å²) in [6, 6.07) is 13.7. The lowest BCUT2D eigenvalue weighted by Crippen LogP contribution is -2.37. The Balaban J connectivity index is 1.65. The van der Waals surface area contributed by atoms with Crippen molar-refractivity contribution in [1.82, 2.24) is 18.5 Å². The van der Waals surface area contributed by atoms with Crippen LogP contribution in [0.15, 0.2) is 42.5 Å². The van der Waals surface area contributed by atoms with Crippen molar-refractivity contribution >= 4 is 33.9 Å². The zero-order chi connectivity index (χ0) is 27.5. The number of aryl methyl sites for hydroxylation is 1. The maximum atomic E-state index is 13.1. The lowest BCUT2D eigenvalue weighted by Gasteiger charge is -2.24. The van der Waals surface area contributed by atoms with Crippen molar-refractivity contribution in [3.8, 4) is 17.0 Å². The standard InChI is InChI=1S/C30H38N4O4S/c1-32-17-9-10-18-33(2)39(37)31-30(36)22-15-16-23-25(19-22)34(3)29(28(23)21-11-5-4-6-12-21)24-13-7-8-14-26(24)38-20-27(32)35/h7-8,13-16,19,21H,4-6,9-12,17-18,20H2,1-3H3,(H,31,36). The highest BCUT2D eigenvalue weighted by atomic mass is 32.2. The van der Waals surface area contributed by atoms with Crippen molar-refractivity contribution in [2.24, 2.45) is 7.05 Å². The van der Waals surface area contributed by atoms with Gasteiger partial charge in [0, 0.05) is 56.3 Å². The molecule has 39 heavy (non-hydrogen) atoms. The fourth-order valence-electron chi connectivity index (χ4n) is 5.88. The Kier molecular flexibility index (Phi) is 8.37. The number of nitrogens with one attached hydrogen (secondary N) is 1. The van der Waals surface area contributed by atoms with Crippen molar-refractivity contribution in [3.05, 3.63) is 53.6 Å². The molecule has 1 atom stereocenters. The predicted molar refractivity (Wildman–Crippen MR) is 155 cm³/mol. The number of hydrogen-bond donors (Lipinski definition) is 1. The first kappa shape index (κ1) is 27.4. The van der Waals surface area contributed by atoms with Crippen molar-refractivity contribution in [1.29, 1.82) is 0 Å². The third kappa shape index (κ3) is 5.75. The predicted octanol–water partition coefficient (Wildman–Crippen LogP) is 4.76. The van der Waals surface area contributed by atoms with Gasteiger partial charge in [-0.15, -0.1) is 0 Å². The molecule has 5 rings (SSSR count). The molecule has 1 saturated carbocycles. The molecule has 3 bridgehead atoms. The second-order valence-electron chi connectivity index (χ2n) is 10.7. The molecular weight excluding hydrogens is 512 g/mol. The Morgan fingerprint density at radius 3 is 2.46 bits per heavy atom. The number of carbonyl (C=O) groups is 2. The number of nitrogens with zero attached hydrogens (tertiary/aromatic N) is 3. The van der Waals surface area contributed by atoms with E-state index in [9.17, 15) is 13.8 Å². The van der Waals surface area contributed by atoms with E-state index in [-0.39, 0.29) is 18.4 Å². The average Bonchev–Trinajstić information content (AvgIpc) is 3.25. The molecule has 1 aromatic heterocycles. The molecule has 208 valence electrons. The number of likely N-dealkylation sites (N-methyl/N-ethyl adjacent to an activating group) is 1. The summed E-state index contributed by atoms with van der Waals surface area (Å²) in [6.45, 7) is 1.07. The maximum Gasteiger partial charge on any atom is 0.264 e. The fraction of sp³-hybridized carbons (Fsp3) is 0.467. The highest BCUT2D eigenvalue weighted by Gasteiger charge is 2.28. The minimum atomic E-state index is -1.66. The van der Waals surface area contributed by atoms with Gasteiger partial charge < -0.3 is 14.2 Å². The largest absolute Gasteiger partial charge is 0.483 e. The van der Waals surface area contributed by atoms with Crippen molar-refractivity contribution in [2.45, 2.75) is 50.9 Å². The van der Waals surface area contributed by atoms with Gasteiger partial charge in [0.15, 0.2) is 17.8 Å². The van der Waals surface area contributed by atoms with E-state index in [1.165, 1.54) is 24.8 Å². The van der Waals surface area contributed by atoms with E-state index in [0.717, 1.165) is 47.8 Å². The Morgan fingerprint density at radius 1 is 0.923 bits per heavy atom. The lowest BCUT2D eigenvalue weighted by molar-refractivity contribution is -0.132. The molecule has 1 aliphatic heterocycles. The molecule has 1 aliphatic carbocycles. The van der Waals surface area contributed by atoms with Gasteiger partial charge in [0.05, 0.1) is 5.69 Å². The number of aromatic nitrogens is 1. The van der Waals surface area contributed by atoms with Crippen LogP contribution < -0.4 is 9.46 Å². The van der Waals surface area contributed by atoms with Crippen molar-refractivity contribution in [3.63, 3.8) is 0 Å². The van der Waals surface area contributed by atoms with Crippen LogP contribution >= 0.6 is 0 Å². The SMILES string of the molecule is CN1CCCCN(C)S(=O)NC(=O)c2ccc3c(C4CCCCC4)c(n(C)c3c2)-c2ccccc2OCC1=O.